The number of nitrogens with one attached hydrogen (secondary N) is 3. The van der Waals surface area contributed by atoms with Crippen molar-refractivity contribution in [1.82, 2.24) is 10.6 Å². The summed E-state index contributed by atoms with van der Waals surface area (Å²) in [6.07, 6.45) is 0.747. The number of carbonyl (C=O) groups is 2. The summed E-state index contributed by atoms with van der Waals surface area (Å²) in [5.41, 5.74) is 1.82. The van der Waals surface area contributed by atoms with Gasteiger partial charge in [0.15, 0.2) is 0 Å². The van der Waals surface area contributed by atoms with E-state index in [1.54, 1.807) is 6.07 Å². The Morgan fingerprint density at radius 3 is 2.35 bits per heavy atom. The molecule has 120 valence electrons. The van der Waals surface area contributed by atoms with E-state index in [4.69, 9.17) is 0 Å². The van der Waals surface area contributed by atoms with Gasteiger partial charge in [0, 0.05) is 11.0 Å². The zero-order valence-corrected chi connectivity index (χ0v) is 14.1. The van der Waals surface area contributed by atoms with Crippen LogP contribution in [0, 0.1) is 0 Å². The van der Waals surface area contributed by atoms with Crippen molar-refractivity contribution in [3.8, 4) is 0 Å². The van der Waals surface area contributed by atoms with Crippen LogP contribution in [-0.2, 0) is 11.2 Å². The van der Waals surface area contributed by atoms with Gasteiger partial charge in [-0.25, -0.2) is 4.79 Å². The molecule has 2 rings (SSSR count). The number of hydrogen-bond acceptors (Lipinski definition) is 2. The molecule has 0 bridgehead atoms. The van der Waals surface area contributed by atoms with E-state index >= 15 is 0 Å². The average molecular weight is 376 g/mol. The van der Waals surface area contributed by atoms with Crippen LogP contribution in [0.15, 0.2) is 59.1 Å². The Bertz CT molecular complexity index is 662. The van der Waals surface area contributed by atoms with Crippen LogP contribution in [0.5, 0.6) is 0 Å². The lowest BCUT2D eigenvalue weighted by atomic mass is 10.1. The van der Waals surface area contributed by atoms with Crippen LogP contribution in [0.4, 0.5) is 10.5 Å². The van der Waals surface area contributed by atoms with Crippen LogP contribution >= 0.6 is 15.9 Å². The lowest BCUT2D eigenvalue weighted by molar-refractivity contribution is -0.115. The van der Waals surface area contributed by atoms with Crippen molar-refractivity contribution >= 4 is 33.6 Å². The molecule has 0 heterocycles. The van der Waals surface area contributed by atoms with Crippen LogP contribution in [0.25, 0.3) is 0 Å². The largest absolute Gasteiger partial charge is 0.338 e. The highest BCUT2D eigenvalue weighted by Crippen LogP contribution is 2.20. The van der Waals surface area contributed by atoms with Crippen molar-refractivity contribution in [2.24, 2.45) is 0 Å². The molecule has 0 spiro atoms. The quantitative estimate of drug-likeness (QED) is 0.726. The minimum Gasteiger partial charge on any atom is -0.338 e. The van der Waals surface area contributed by atoms with E-state index in [0.29, 0.717) is 12.2 Å². The summed E-state index contributed by atoms with van der Waals surface area (Å²) in [5.74, 6) is -0.282. The molecule has 0 aromatic heterocycles. The van der Waals surface area contributed by atoms with Gasteiger partial charge in [0.1, 0.15) is 0 Å². The Labute approximate surface area is 143 Å². The highest BCUT2D eigenvalue weighted by molar-refractivity contribution is 9.10. The zero-order chi connectivity index (χ0) is 16.5. The highest BCUT2D eigenvalue weighted by Gasteiger charge is 2.07. The molecule has 0 fully saturated rings. The Kier molecular flexibility index (Phi) is 6.62. The van der Waals surface area contributed by atoms with Crippen molar-refractivity contribution in [2.75, 3.05) is 18.4 Å². The number of urea groups is 1. The first-order valence-corrected chi connectivity index (χ1v) is 8.04. The van der Waals surface area contributed by atoms with E-state index in [0.717, 1.165) is 16.5 Å². The van der Waals surface area contributed by atoms with Crippen molar-refractivity contribution < 1.29 is 9.59 Å². The Morgan fingerprint density at radius 2 is 1.61 bits per heavy atom. The van der Waals surface area contributed by atoms with Gasteiger partial charge in [0.25, 0.3) is 0 Å². The van der Waals surface area contributed by atoms with E-state index in [1.807, 2.05) is 48.5 Å². The Balaban J connectivity index is 1.66. The van der Waals surface area contributed by atoms with Crippen molar-refractivity contribution in [3.63, 3.8) is 0 Å². The summed E-state index contributed by atoms with van der Waals surface area (Å²) in [5, 5.41) is 7.97. The van der Waals surface area contributed by atoms with Gasteiger partial charge < -0.3 is 16.0 Å². The molecular weight excluding hydrogens is 358 g/mol. The van der Waals surface area contributed by atoms with Gasteiger partial charge in [0.05, 0.1) is 12.2 Å². The summed E-state index contributed by atoms with van der Waals surface area (Å²) in [6, 6.07) is 16.8. The van der Waals surface area contributed by atoms with E-state index in [-0.39, 0.29) is 18.5 Å². The van der Waals surface area contributed by atoms with Crippen LogP contribution in [-0.4, -0.2) is 25.0 Å². The second kappa shape index (κ2) is 8.95. The van der Waals surface area contributed by atoms with Crippen molar-refractivity contribution in [3.05, 3.63) is 64.6 Å². The molecule has 5 nitrogen and oxygen atoms in total. The van der Waals surface area contributed by atoms with Crippen LogP contribution in [0.3, 0.4) is 0 Å². The molecule has 0 aliphatic carbocycles. The van der Waals surface area contributed by atoms with E-state index in [9.17, 15) is 9.59 Å². The number of anilines is 1. The normalized spacial score (nSPS) is 9.96. The highest BCUT2D eigenvalue weighted by atomic mass is 79.9. The van der Waals surface area contributed by atoms with Gasteiger partial charge in [-0.2, -0.15) is 0 Å². The third-order valence-electron chi connectivity index (χ3n) is 3.10. The Morgan fingerprint density at radius 1 is 0.913 bits per heavy atom. The number of halogens is 1. The fraction of sp³-hybridized carbons (Fsp3) is 0.176. The molecule has 6 heteroatoms. The smallest absolute Gasteiger partial charge is 0.315 e. The van der Waals surface area contributed by atoms with Gasteiger partial charge >= 0.3 is 6.03 Å². The molecule has 23 heavy (non-hydrogen) atoms. The molecule has 0 unspecified atom stereocenters. The predicted octanol–water partition coefficient (Wildman–Crippen LogP) is 2.93. The maximum Gasteiger partial charge on any atom is 0.315 e. The lowest BCUT2D eigenvalue weighted by Gasteiger charge is -2.09. The van der Waals surface area contributed by atoms with Gasteiger partial charge in [0.2, 0.25) is 5.91 Å². The van der Waals surface area contributed by atoms with E-state index in [2.05, 4.69) is 31.9 Å². The third-order valence-corrected chi connectivity index (χ3v) is 3.79. The topological polar surface area (TPSA) is 70.2 Å². The molecule has 0 saturated heterocycles. The predicted molar refractivity (Wildman–Crippen MR) is 94.3 cm³/mol. The van der Waals surface area contributed by atoms with Crippen molar-refractivity contribution in [1.29, 1.82) is 0 Å². The first-order valence-electron chi connectivity index (χ1n) is 7.25. The number of hydrogen-bond donors (Lipinski definition) is 3. The molecule has 0 aliphatic rings. The van der Waals surface area contributed by atoms with Crippen molar-refractivity contribution in [2.45, 2.75) is 6.42 Å². The first kappa shape index (κ1) is 17.0. The summed E-state index contributed by atoms with van der Waals surface area (Å²) < 4.78 is 0.792. The minimum atomic E-state index is -0.358. The van der Waals surface area contributed by atoms with E-state index < -0.39 is 0 Å². The van der Waals surface area contributed by atoms with Crippen LogP contribution < -0.4 is 16.0 Å². The summed E-state index contributed by atoms with van der Waals surface area (Å²) in [6.45, 7) is 0.431. The summed E-state index contributed by atoms with van der Waals surface area (Å²) >= 11 is 3.35. The standard InChI is InChI=1S/C17H18BrN3O2/c18-14-8-4-5-9-15(14)21-16(22)12-20-17(23)19-11-10-13-6-2-1-3-7-13/h1-9H,10-12H2,(H,21,22)(H2,19,20,23). The molecule has 0 saturated carbocycles. The van der Waals surface area contributed by atoms with Gasteiger partial charge in [-0.15, -0.1) is 0 Å². The SMILES string of the molecule is O=C(CNC(=O)NCCc1ccccc1)Nc1ccccc1Br. The van der Waals surface area contributed by atoms with Crippen LogP contribution in [0.2, 0.25) is 0 Å². The molecule has 0 atom stereocenters. The van der Waals surface area contributed by atoms with Gasteiger partial charge in [-0.1, -0.05) is 42.5 Å². The second-order valence-electron chi connectivity index (χ2n) is 4.87. The fourth-order valence-electron chi connectivity index (χ4n) is 1.95. The summed E-state index contributed by atoms with van der Waals surface area (Å²) in [4.78, 5) is 23.4. The number of amides is 3. The zero-order valence-electron chi connectivity index (χ0n) is 12.5. The number of carbonyl (C=O) groups excluding carboxylic acids is 2. The Hall–Kier alpha value is -2.34. The summed E-state index contributed by atoms with van der Waals surface area (Å²) in [7, 11) is 0. The fourth-order valence-corrected chi connectivity index (χ4v) is 2.33. The molecule has 3 N–H and O–H groups in total. The molecule has 2 aromatic rings. The lowest BCUT2D eigenvalue weighted by Crippen LogP contribution is -2.40. The first-order chi connectivity index (χ1) is 11.1. The van der Waals surface area contributed by atoms with Gasteiger partial charge in [-0.3, -0.25) is 4.79 Å². The molecule has 2 aromatic carbocycles. The third kappa shape index (κ3) is 6.12. The second-order valence-corrected chi connectivity index (χ2v) is 5.73. The average Bonchev–Trinajstić information content (AvgIpc) is 2.56. The molecule has 0 aliphatic heterocycles. The maximum absolute atomic E-state index is 11.8. The number of benzene rings is 2. The van der Waals surface area contributed by atoms with Crippen LogP contribution in [0.1, 0.15) is 5.56 Å². The van der Waals surface area contributed by atoms with E-state index in [1.165, 1.54) is 0 Å². The maximum atomic E-state index is 11.8. The molecule has 3 amide bonds. The molecular formula is C17H18BrN3O2. The number of rotatable bonds is 6. The minimum absolute atomic E-state index is 0.0848. The van der Waals surface area contributed by atoms with Gasteiger partial charge in [-0.05, 0) is 40.0 Å². The molecule has 0 radical (unpaired) electrons. The number of para-hydroxylation sites is 1. The monoisotopic (exact) mass is 375 g/mol.